The van der Waals surface area contributed by atoms with Gasteiger partial charge >= 0.3 is 0 Å². The third-order valence-corrected chi connectivity index (χ3v) is 3.45. The van der Waals surface area contributed by atoms with Crippen LogP contribution < -0.4 is 10.5 Å². The highest BCUT2D eigenvalue weighted by Gasteiger charge is 2.12. The molecule has 0 spiro atoms. The number of benzene rings is 1. The van der Waals surface area contributed by atoms with Gasteiger partial charge in [0.15, 0.2) is 5.82 Å². The average Bonchev–Trinajstić information content (AvgIpc) is 2.84. The number of hydrogen-bond donors (Lipinski definition) is 1. The zero-order valence-electron chi connectivity index (χ0n) is 11.9. The highest BCUT2D eigenvalue weighted by atomic mass is 79.9. The van der Waals surface area contributed by atoms with Crippen molar-refractivity contribution < 1.29 is 4.74 Å². The number of ether oxygens (including phenoxy) is 1. The Labute approximate surface area is 127 Å². The fourth-order valence-corrected chi connectivity index (χ4v) is 2.30. The zero-order chi connectivity index (χ0) is 14.7. The molecule has 5 nitrogen and oxygen atoms in total. The molecule has 20 heavy (non-hydrogen) atoms. The number of nitrogens with zero attached hydrogens (tertiary/aromatic N) is 3. The minimum Gasteiger partial charge on any atom is -0.485 e. The number of hydrogen-bond acceptors (Lipinski definition) is 4. The maximum atomic E-state index is 5.96. The van der Waals surface area contributed by atoms with E-state index in [-0.39, 0.29) is 12.1 Å². The topological polar surface area (TPSA) is 66.0 Å². The Kier molecular flexibility index (Phi) is 4.77. The maximum absolute atomic E-state index is 5.96. The Hall–Kier alpha value is -1.40. The first-order chi connectivity index (χ1) is 9.49. The molecule has 1 aromatic heterocycles. The van der Waals surface area contributed by atoms with Crippen molar-refractivity contribution in [1.29, 1.82) is 0 Å². The van der Waals surface area contributed by atoms with Crippen LogP contribution in [0.15, 0.2) is 29.0 Å². The van der Waals surface area contributed by atoms with Gasteiger partial charge in [0.25, 0.3) is 0 Å². The minimum atomic E-state index is -0.0823. The van der Waals surface area contributed by atoms with Gasteiger partial charge in [-0.15, -0.1) is 0 Å². The summed E-state index contributed by atoms with van der Waals surface area (Å²) in [7, 11) is 0. The van der Waals surface area contributed by atoms with E-state index in [1.807, 2.05) is 29.8 Å². The van der Waals surface area contributed by atoms with Gasteiger partial charge in [0, 0.05) is 22.1 Å². The Morgan fingerprint density at radius 1 is 1.35 bits per heavy atom. The normalized spacial score (nSPS) is 12.7. The van der Waals surface area contributed by atoms with Crippen LogP contribution in [-0.2, 0) is 6.61 Å². The lowest BCUT2D eigenvalue weighted by Gasteiger charge is -2.15. The highest BCUT2D eigenvalue weighted by Crippen LogP contribution is 2.28. The maximum Gasteiger partial charge on any atom is 0.165 e. The Morgan fingerprint density at radius 3 is 2.75 bits per heavy atom. The van der Waals surface area contributed by atoms with Gasteiger partial charge in [0.2, 0.25) is 0 Å². The monoisotopic (exact) mass is 338 g/mol. The van der Waals surface area contributed by atoms with Crippen LogP contribution in [0.2, 0.25) is 0 Å². The summed E-state index contributed by atoms with van der Waals surface area (Å²) in [5.41, 5.74) is 6.94. The summed E-state index contributed by atoms with van der Waals surface area (Å²) in [4.78, 5) is 4.23. The molecule has 2 N–H and O–H groups in total. The second kappa shape index (κ2) is 6.37. The molecule has 0 aliphatic heterocycles. The summed E-state index contributed by atoms with van der Waals surface area (Å²) in [6, 6.07) is 6.03. The Morgan fingerprint density at radius 2 is 2.10 bits per heavy atom. The number of halogens is 1. The van der Waals surface area contributed by atoms with Crippen molar-refractivity contribution in [2.24, 2.45) is 5.73 Å². The molecule has 6 heteroatoms. The van der Waals surface area contributed by atoms with Crippen molar-refractivity contribution in [3.63, 3.8) is 0 Å². The molecule has 2 aromatic rings. The first-order valence-corrected chi connectivity index (χ1v) is 7.34. The van der Waals surface area contributed by atoms with Gasteiger partial charge in [-0.25, -0.2) is 9.67 Å². The fourth-order valence-electron chi connectivity index (χ4n) is 1.96. The summed E-state index contributed by atoms with van der Waals surface area (Å²) < 4.78 is 8.69. The van der Waals surface area contributed by atoms with E-state index in [1.54, 1.807) is 6.33 Å². The molecule has 1 atom stereocenters. The number of aromatic nitrogens is 3. The number of nitrogens with two attached hydrogens (primary N) is 1. The summed E-state index contributed by atoms with van der Waals surface area (Å²) in [5, 5.41) is 4.19. The molecule has 2 rings (SSSR count). The molecular weight excluding hydrogens is 320 g/mol. The lowest BCUT2D eigenvalue weighted by molar-refractivity contribution is 0.278. The summed E-state index contributed by atoms with van der Waals surface area (Å²) >= 11 is 3.45. The first kappa shape index (κ1) is 15.0. The molecule has 0 bridgehead atoms. The Bertz CT molecular complexity index is 580. The van der Waals surface area contributed by atoms with Gasteiger partial charge in [-0.3, -0.25) is 0 Å². The third kappa shape index (κ3) is 3.37. The molecule has 1 heterocycles. The van der Waals surface area contributed by atoms with Crippen LogP contribution >= 0.6 is 15.9 Å². The standard InChI is InChI=1S/C14H19BrN4O/c1-9(2)19-14(17-8-18-19)7-20-13-6-11(15)4-5-12(13)10(3)16/h4-6,8-10H,7,16H2,1-3H3. The van der Waals surface area contributed by atoms with Crippen LogP contribution in [-0.4, -0.2) is 14.8 Å². The van der Waals surface area contributed by atoms with Crippen LogP contribution in [0.4, 0.5) is 0 Å². The molecule has 0 fully saturated rings. The molecule has 1 aromatic carbocycles. The summed E-state index contributed by atoms with van der Waals surface area (Å²) in [6.07, 6.45) is 1.55. The first-order valence-electron chi connectivity index (χ1n) is 6.55. The molecule has 108 valence electrons. The second-order valence-corrected chi connectivity index (χ2v) is 5.89. The van der Waals surface area contributed by atoms with Crippen molar-refractivity contribution in [1.82, 2.24) is 14.8 Å². The number of rotatable bonds is 5. The van der Waals surface area contributed by atoms with Gasteiger partial charge in [0.1, 0.15) is 18.7 Å². The molecule has 0 amide bonds. The van der Waals surface area contributed by atoms with Crippen molar-refractivity contribution >= 4 is 15.9 Å². The molecule has 1 unspecified atom stereocenters. The quantitative estimate of drug-likeness (QED) is 0.908. The van der Waals surface area contributed by atoms with Crippen molar-refractivity contribution in [3.8, 4) is 5.75 Å². The highest BCUT2D eigenvalue weighted by molar-refractivity contribution is 9.10. The van der Waals surface area contributed by atoms with Gasteiger partial charge in [-0.05, 0) is 32.9 Å². The molecule has 0 aliphatic rings. The SMILES string of the molecule is CC(N)c1ccc(Br)cc1OCc1ncnn1C(C)C. The van der Waals surface area contributed by atoms with E-state index in [9.17, 15) is 0 Å². The van der Waals surface area contributed by atoms with E-state index in [0.717, 1.165) is 21.6 Å². The van der Waals surface area contributed by atoms with Crippen molar-refractivity contribution in [2.75, 3.05) is 0 Å². The van der Waals surface area contributed by atoms with E-state index in [2.05, 4.69) is 39.9 Å². The second-order valence-electron chi connectivity index (χ2n) is 4.97. The van der Waals surface area contributed by atoms with E-state index in [0.29, 0.717) is 6.61 Å². The van der Waals surface area contributed by atoms with Crippen LogP contribution in [0.3, 0.4) is 0 Å². The molecule has 0 aliphatic carbocycles. The van der Waals surface area contributed by atoms with Gasteiger partial charge in [-0.1, -0.05) is 22.0 Å². The summed E-state index contributed by atoms with van der Waals surface area (Å²) in [6.45, 7) is 6.43. The Balaban J connectivity index is 2.18. The van der Waals surface area contributed by atoms with Gasteiger partial charge in [-0.2, -0.15) is 5.10 Å². The average molecular weight is 339 g/mol. The molecular formula is C14H19BrN4O. The lowest BCUT2D eigenvalue weighted by atomic mass is 10.1. The van der Waals surface area contributed by atoms with Crippen LogP contribution in [0.1, 0.15) is 44.2 Å². The van der Waals surface area contributed by atoms with Gasteiger partial charge < -0.3 is 10.5 Å². The molecule has 0 saturated carbocycles. The van der Waals surface area contributed by atoms with Gasteiger partial charge in [0.05, 0.1) is 0 Å². The van der Waals surface area contributed by atoms with E-state index in [1.165, 1.54) is 0 Å². The fraction of sp³-hybridized carbons (Fsp3) is 0.429. The van der Waals surface area contributed by atoms with Crippen LogP contribution in [0.25, 0.3) is 0 Å². The summed E-state index contributed by atoms with van der Waals surface area (Å²) in [5.74, 6) is 1.57. The van der Waals surface area contributed by atoms with E-state index in [4.69, 9.17) is 10.5 Å². The van der Waals surface area contributed by atoms with Crippen molar-refractivity contribution in [3.05, 3.63) is 40.4 Å². The van der Waals surface area contributed by atoms with Crippen LogP contribution in [0.5, 0.6) is 5.75 Å². The largest absolute Gasteiger partial charge is 0.485 e. The van der Waals surface area contributed by atoms with Crippen molar-refractivity contribution in [2.45, 2.75) is 39.5 Å². The van der Waals surface area contributed by atoms with E-state index >= 15 is 0 Å². The predicted molar refractivity (Wildman–Crippen MR) is 81.5 cm³/mol. The minimum absolute atomic E-state index is 0.0823. The molecule has 0 saturated heterocycles. The molecule has 0 radical (unpaired) electrons. The lowest BCUT2D eigenvalue weighted by Crippen LogP contribution is -2.12. The smallest absolute Gasteiger partial charge is 0.165 e. The van der Waals surface area contributed by atoms with E-state index < -0.39 is 0 Å². The zero-order valence-corrected chi connectivity index (χ0v) is 13.5. The predicted octanol–water partition coefficient (Wildman–Crippen LogP) is 3.22. The third-order valence-electron chi connectivity index (χ3n) is 2.96. The van der Waals surface area contributed by atoms with Crippen LogP contribution in [0, 0.1) is 0 Å².